The highest BCUT2D eigenvalue weighted by Gasteiger charge is 2.23. The minimum atomic E-state index is 0.374. The molecule has 0 saturated heterocycles. The van der Waals surface area contributed by atoms with E-state index in [9.17, 15) is 0 Å². The molecule has 1 aromatic carbocycles. The summed E-state index contributed by atoms with van der Waals surface area (Å²) in [6, 6.07) is 9.28. The molecule has 1 N–H and O–H groups in total. The molecule has 0 fully saturated rings. The largest absolute Gasteiger partial charge is 0.313 e. The van der Waals surface area contributed by atoms with Crippen LogP contribution in [-0.4, -0.2) is 7.05 Å². The van der Waals surface area contributed by atoms with Crippen molar-refractivity contribution in [3.05, 3.63) is 35.4 Å². The first-order valence-electron chi connectivity index (χ1n) is 6.58. The summed E-state index contributed by atoms with van der Waals surface area (Å²) in [7, 11) is 2.06. The minimum absolute atomic E-state index is 0.374. The Morgan fingerprint density at radius 2 is 1.88 bits per heavy atom. The fourth-order valence-electron chi connectivity index (χ4n) is 2.01. The van der Waals surface area contributed by atoms with Gasteiger partial charge in [-0.05, 0) is 37.3 Å². The number of aryl methyl sites for hydroxylation is 1. The fourth-order valence-corrected chi connectivity index (χ4v) is 2.01. The van der Waals surface area contributed by atoms with E-state index in [-0.39, 0.29) is 0 Å². The molecule has 1 nitrogen and oxygen atoms in total. The van der Waals surface area contributed by atoms with E-state index >= 15 is 0 Å². The molecule has 0 saturated carbocycles. The van der Waals surface area contributed by atoms with E-state index in [0.29, 0.717) is 17.4 Å². The molecule has 0 radical (unpaired) electrons. The molecule has 0 amide bonds. The Morgan fingerprint density at radius 1 is 1.24 bits per heavy atom. The molecular weight excluding hydrogens is 206 g/mol. The van der Waals surface area contributed by atoms with E-state index in [0.717, 1.165) is 0 Å². The van der Waals surface area contributed by atoms with Gasteiger partial charge in [0.2, 0.25) is 0 Å². The highest BCUT2D eigenvalue weighted by atomic mass is 14.9. The second kappa shape index (κ2) is 5.68. The Balaban J connectivity index is 2.79. The predicted octanol–water partition coefficient (Wildman–Crippen LogP) is 4.33. The third-order valence-electron chi connectivity index (χ3n) is 3.86. The molecule has 17 heavy (non-hydrogen) atoms. The molecule has 2 unspecified atom stereocenters. The zero-order valence-corrected chi connectivity index (χ0v) is 12.2. The Bertz CT molecular complexity index is 349. The standard InChI is InChI=1S/C16H27N/c1-12-8-7-9-14(10-12)15(17-6)11-13(2)16(3,4)5/h7-10,13,15,17H,11H2,1-6H3. The van der Waals surface area contributed by atoms with Crippen LogP contribution in [0, 0.1) is 18.3 Å². The van der Waals surface area contributed by atoms with Gasteiger partial charge >= 0.3 is 0 Å². The maximum absolute atomic E-state index is 3.45. The van der Waals surface area contributed by atoms with Crippen molar-refractivity contribution in [2.45, 2.75) is 47.1 Å². The monoisotopic (exact) mass is 233 g/mol. The number of rotatable bonds is 4. The van der Waals surface area contributed by atoms with Gasteiger partial charge in [-0.25, -0.2) is 0 Å². The minimum Gasteiger partial charge on any atom is -0.313 e. The quantitative estimate of drug-likeness (QED) is 0.816. The van der Waals surface area contributed by atoms with Crippen LogP contribution in [0.5, 0.6) is 0 Å². The topological polar surface area (TPSA) is 12.0 Å². The van der Waals surface area contributed by atoms with Crippen LogP contribution < -0.4 is 5.32 Å². The number of benzene rings is 1. The van der Waals surface area contributed by atoms with Crippen LogP contribution in [-0.2, 0) is 0 Å². The average Bonchev–Trinajstić information content (AvgIpc) is 2.24. The zero-order valence-electron chi connectivity index (χ0n) is 12.2. The van der Waals surface area contributed by atoms with Crippen LogP contribution in [0.2, 0.25) is 0 Å². The van der Waals surface area contributed by atoms with Gasteiger partial charge in [0.05, 0.1) is 0 Å². The Morgan fingerprint density at radius 3 is 2.35 bits per heavy atom. The van der Waals surface area contributed by atoms with Gasteiger partial charge in [-0.3, -0.25) is 0 Å². The van der Waals surface area contributed by atoms with Crippen molar-refractivity contribution in [3.8, 4) is 0 Å². The molecule has 2 atom stereocenters. The lowest BCUT2D eigenvalue weighted by Crippen LogP contribution is -2.25. The molecule has 0 heterocycles. The molecule has 96 valence electrons. The van der Waals surface area contributed by atoms with Crippen LogP contribution >= 0.6 is 0 Å². The summed E-state index contributed by atoms with van der Waals surface area (Å²) in [5.74, 6) is 0.695. The lowest BCUT2D eigenvalue weighted by Gasteiger charge is -2.31. The molecule has 1 aromatic rings. The van der Waals surface area contributed by atoms with Gasteiger partial charge in [-0.15, -0.1) is 0 Å². The second-order valence-corrected chi connectivity index (χ2v) is 6.26. The van der Waals surface area contributed by atoms with Crippen LogP contribution in [0.25, 0.3) is 0 Å². The Kier molecular flexibility index (Phi) is 4.76. The van der Waals surface area contributed by atoms with E-state index in [1.807, 2.05) is 0 Å². The molecule has 0 aliphatic rings. The first-order valence-corrected chi connectivity index (χ1v) is 6.58. The van der Waals surface area contributed by atoms with E-state index in [4.69, 9.17) is 0 Å². The highest BCUT2D eigenvalue weighted by Crippen LogP contribution is 2.33. The van der Waals surface area contributed by atoms with Crippen molar-refractivity contribution in [1.29, 1.82) is 0 Å². The molecule has 1 rings (SSSR count). The molecular formula is C16H27N. The van der Waals surface area contributed by atoms with Gasteiger partial charge in [0, 0.05) is 6.04 Å². The maximum atomic E-state index is 3.45. The van der Waals surface area contributed by atoms with Crippen molar-refractivity contribution in [2.24, 2.45) is 11.3 Å². The normalized spacial score (nSPS) is 15.6. The summed E-state index contributed by atoms with van der Waals surface area (Å²) in [5, 5.41) is 3.45. The molecule has 1 heteroatoms. The van der Waals surface area contributed by atoms with Gasteiger partial charge in [-0.1, -0.05) is 57.5 Å². The summed E-state index contributed by atoms with van der Waals surface area (Å²) < 4.78 is 0. The van der Waals surface area contributed by atoms with Gasteiger partial charge < -0.3 is 5.32 Å². The number of hydrogen-bond donors (Lipinski definition) is 1. The Hall–Kier alpha value is -0.820. The van der Waals surface area contributed by atoms with Gasteiger partial charge in [0.1, 0.15) is 0 Å². The fraction of sp³-hybridized carbons (Fsp3) is 0.625. The van der Waals surface area contributed by atoms with Crippen LogP contribution in [0.1, 0.15) is 51.3 Å². The summed E-state index contributed by atoms with van der Waals surface area (Å²) in [6.07, 6.45) is 1.18. The van der Waals surface area contributed by atoms with Crippen molar-refractivity contribution >= 4 is 0 Å². The third kappa shape index (κ3) is 4.16. The molecule has 0 bridgehead atoms. The maximum Gasteiger partial charge on any atom is 0.0320 e. The number of hydrogen-bond acceptors (Lipinski definition) is 1. The summed E-state index contributed by atoms with van der Waals surface area (Å²) in [6.45, 7) is 11.5. The van der Waals surface area contributed by atoms with Gasteiger partial charge in [0.15, 0.2) is 0 Å². The average molecular weight is 233 g/mol. The van der Waals surface area contributed by atoms with Crippen molar-refractivity contribution in [3.63, 3.8) is 0 Å². The second-order valence-electron chi connectivity index (χ2n) is 6.26. The van der Waals surface area contributed by atoms with E-state index in [1.54, 1.807) is 0 Å². The summed E-state index contributed by atoms with van der Waals surface area (Å²) in [4.78, 5) is 0. The molecule has 0 aromatic heterocycles. The summed E-state index contributed by atoms with van der Waals surface area (Å²) in [5.41, 5.74) is 3.12. The van der Waals surface area contributed by atoms with E-state index in [1.165, 1.54) is 17.5 Å². The predicted molar refractivity (Wildman–Crippen MR) is 76.2 cm³/mol. The highest BCUT2D eigenvalue weighted by molar-refractivity contribution is 5.25. The lowest BCUT2D eigenvalue weighted by molar-refractivity contribution is 0.226. The van der Waals surface area contributed by atoms with E-state index < -0.39 is 0 Å². The Labute approximate surface area is 107 Å². The van der Waals surface area contributed by atoms with Crippen LogP contribution in [0.4, 0.5) is 0 Å². The summed E-state index contributed by atoms with van der Waals surface area (Å²) >= 11 is 0. The zero-order chi connectivity index (χ0) is 13.1. The number of nitrogens with one attached hydrogen (secondary N) is 1. The SMILES string of the molecule is CNC(CC(C)C(C)(C)C)c1cccc(C)c1. The van der Waals surface area contributed by atoms with Crippen LogP contribution in [0.15, 0.2) is 24.3 Å². The lowest BCUT2D eigenvalue weighted by atomic mass is 9.77. The van der Waals surface area contributed by atoms with Crippen molar-refractivity contribution in [2.75, 3.05) is 7.05 Å². The van der Waals surface area contributed by atoms with Crippen molar-refractivity contribution in [1.82, 2.24) is 5.32 Å². The van der Waals surface area contributed by atoms with Crippen LogP contribution in [0.3, 0.4) is 0 Å². The first-order chi connectivity index (χ1) is 7.84. The first kappa shape index (κ1) is 14.2. The smallest absolute Gasteiger partial charge is 0.0320 e. The third-order valence-corrected chi connectivity index (χ3v) is 3.86. The molecule has 0 aliphatic heterocycles. The molecule has 0 spiro atoms. The van der Waals surface area contributed by atoms with Gasteiger partial charge in [0.25, 0.3) is 0 Å². The van der Waals surface area contributed by atoms with Crippen molar-refractivity contribution < 1.29 is 0 Å². The van der Waals surface area contributed by atoms with E-state index in [2.05, 4.69) is 71.2 Å². The molecule has 0 aliphatic carbocycles. The van der Waals surface area contributed by atoms with Gasteiger partial charge in [-0.2, -0.15) is 0 Å².